The number of carbonyl (C=O) groups is 1. The minimum Gasteiger partial charge on any atom is -0.488 e. The van der Waals surface area contributed by atoms with Crippen LogP contribution in [0.25, 0.3) is 0 Å². The number of ether oxygens (including phenoxy) is 2. The average Bonchev–Trinajstić information content (AvgIpc) is 3.33. The van der Waals surface area contributed by atoms with Crippen molar-refractivity contribution in [3.05, 3.63) is 63.2 Å². The van der Waals surface area contributed by atoms with Crippen molar-refractivity contribution in [2.75, 3.05) is 44.6 Å². The summed E-state index contributed by atoms with van der Waals surface area (Å²) in [4.78, 5) is 26.9. The van der Waals surface area contributed by atoms with E-state index in [2.05, 4.69) is 29.3 Å². The summed E-state index contributed by atoms with van der Waals surface area (Å²) in [7, 11) is 0. The average molecular weight is 577 g/mol. The van der Waals surface area contributed by atoms with E-state index in [1.165, 1.54) is 17.2 Å². The second-order valence-electron chi connectivity index (χ2n) is 11.2. The molecule has 3 aliphatic rings. The molecule has 1 atom stereocenters. The number of fused-ring (bicyclic) bond motifs is 1. The molecule has 1 aliphatic carbocycles. The van der Waals surface area contributed by atoms with Gasteiger partial charge in [-0.2, -0.15) is 13.2 Å². The molecule has 222 valence electrons. The van der Waals surface area contributed by atoms with Gasteiger partial charge in [-0.1, -0.05) is 17.7 Å². The highest BCUT2D eigenvalue weighted by molar-refractivity contribution is 5.77. The first kappa shape index (κ1) is 29.1. The van der Waals surface area contributed by atoms with Gasteiger partial charge in [-0.05, 0) is 56.4 Å². The molecule has 1 unspecified atom stereocenters. The molecular weight excluding hydrogens is 541 g/mol. The van der Waals surface area contributed by atoms with Crippen LogP contribution in [0.4, 0.5) is 24.5 Å². The van der Waals surface area contributed by atoms with Gasteiger partial charge in [0.15, 0.2) is 0 Å². The van der Waals surface area contributed by atoms with Crippen molar-refractivity contribution in [2.45, 2.75) is 63.5 Å². The number of benzene rings is 2. The van der Waals surface area contributed by atoms with Gasteiger partial charge in [0.05, 0.1) is 11.0 Å². The van der Waals surface area contributed by atoms with E-state index in [-0.39, 0.29) is 36.5 Å². The molecule has 1 saturated heterocycles. The number of amides is 1. The fourth-order valence-electron chi connectivity index (χ4n) is 5.92. The molecule has 0 aromatic heterocycles. The first-order chi connectivity index (χ1) is 19.5. The Kier molecular flexibility index (Phi) is 8.69. The number of nitrogens with zero attached hydrogens (tertiary/aromatic N) is 3. The number of hydrogen-bond donors (Lipinski definition) is 1. The third-order valence-electron chi connectivity index (χ3n) is 8.13. The maximum Gasteiger partial charge on any atom is 0.423 e. The van der Waals surface area contributed by atoms with Crippen molar-refractivity contribution in [3.8, 4) is 5.75 Å². The van der Waals surface area contributed by atoms with Crippen LogP contribution >= 0.6 is 0 Å². The van der Waals surface area contributed by atoms with Crippen LogP contribution in [0.5, 0.6) is 5.75 Å². The van der Waals surface area contributed by atoms with Crippen LogP contribution in [0.1, 0.15) is 42.4 Å². The molecule has 12 heteroatoms. The Morgan fingerprint density at radius 2 is 1.83 bits per heavy atom. The van der Waals surface area contributed by atoms with Crippen LogP contribution in [0, 0.1) is 17.0 Å². The standard InChI is InChI=1S/C29H35F3N4O5/c1-19-2-9-27-20(14-19)15-24(41-27)17-34-10-12-35(13-11-34)28(37)18-40-23-6-3-21(4-7-23)33-22-5-8-26(36(38)39)25(16-22)29(30,31)32/h2,5,8-9,14,16,21,23-24,33H,3-4,6-7,10-13,15,17-18H2,1H3/t21-,23-,24?. The molecule has 9 nitrogen and oxygen atoms in total. The molecule has 41 heavy (non-hydrogen) atoms. The zero-order valence-electron chi connectivity index (χ0n) is 23.0. The van der Waals surface area contributed by atoms with E-state index in [0.29, 0.717) is 38.8 Å². The van der Waals surface area contributed by atoms with Gasteiger partial charge in [-0.15, -0.1) is 0 Å². The molecular formula is C29H35F3N4O5. The monoisotopic (exact) mass is 576 g/mol. The number of alkyl halides is 3. The molecule has 2 aromatic carbocycles. The minimum atomic E-state index is -4.82. The fraction of sp³-hybridized carbons (Fsp3) is 0.552. The fourth-order valence-corrected chi connectivity index (χ4v) is 5.92. The van der Waals surface area contributed by atoms with Crippen LogP contribution in [-0.2, 0) is 22.1 Å². The van der Waals surface area contributed by atoms with E-state index in [1.54, 1.807) is 0 Å². The van der Waals surface area contributed by atoms with Crippen molar-refractivity contribution < 1.29 is 32.4 Å². The van der Waals surface area contributed by atoms with Crippen LogP contribution in [-0.4, -0.2) is 78.2 Å². The Bertz CT molecular complexity index is 1260. The number of carbonyl (C=O) groups excluding carboxylic acids is 1. The van der Waals surface area contributed by atoms with Gasteiger partial charge >= 0.3 is 6.18 Å². The van der Waals surface area contributed by atoms with Crippen LogP contribution in [0.3, 0.4) is 0 Å². The number of rotatable bonds is 8. The lowest BCUT2D eigenvalue weighted by molar-refractivity contribution is -0.388. The summed E-state index contributed by atoms with van der Waals surface area (Å²) in [6.45, 7) is 5.80. The van der Waals surface area contributed by atoms with Gasteiger partial charge < -0.3 is 19.7 Å². The molecule has 0 radical (unpaired) electrons. The largest absolute Gasteiger partial charge is 0.488 e. The number of aryl methyl sites for hydroxylation is 1. The van der Waals surface area contributed by atoms with Gasteiger partial charge in [0, 0.05) is 56.9 Å². The summed E-state index contributed by atoms with van der Waals surface area (Å²) in [5, 5.41) is 14.0. The second kappa shape index (κ2) is 12.2. The van der Waals surface area contributed by atoms with E-state index in [9.17, 15) is 28.1 Å². The molecule has 2 fully saturated rings. The lowest BCUT2D eigenvalue weighted by Crippen LogP contribution is -2.51. The van der Waals surface area contributed by atoms with Crippen LogP contribution < -0.4 is 10.1 Å². The smallest absolute Gasteiger partial charge is 0.423 e. The summed E-state index contributed by atoms with van der Waals surface area (Å²) in [5.41, 5.74) is 0.456. The Hall–Kier alpha value is -3.38. The highest BCUT2D eigenvalue weighted by Crippen LogP contribution is 2.38. The third kappa shape index (κ3) is 7.28. The molecule has 0 bridgehead atoms. The molecule has 2 aromatic rings. The predicted molar refractivity (Wildman–Crippen MR) is 146 cm³/mol. The maximum atomic E-state index is 13.3. The zero-order chi connectivity index (χ0) is 29.1. The predicted octanol–water partition coefficient (Wildman–Crippen LogP) is 4.81. The van der Waals surface area contributed by atoms with Gasteiger partial charge in [-0.25, -0.2) is 0 Å². The number of nitro benzene ring substituents is 1. The molecule has 2 aliphatic heterocycles. The van der Waals surface area contributed by atoms with Crippen molar-refractivity contribution in [2.24, 2.45) is 0 Å². The number of anilines is 1. The van der Waals surface area contributed by atoms with Crippen LogP contribution in [0.15, 0.2) is 36.4 Å². The Balaban J connectivity index is 1.00. The summed E-state index contributed by atoms with van der Waals surface area (Å²) < 4.78 is 51.8. The Morgan fingerprint density at radius 3 is 2.51 bits per heavy atom. The van der Waals surface area contributed by atoms with Crippen LogP contribution in [0.2, 0.25) is 0 Å². The highest BCUT2D eigenvalue weighted by atomic mass is 19.4. The van der Waals surface area contributed by atoms with Gasteiger partial charge in [0.2, 0.25) is 5.91 Å². The summed E-state index contributed by atoms with van der Waals surface area (Å²) in [6.07, 6.45) is -1.22. The molecule has 1 amide bonds. The third-order valence-corrected chi connectivity index (χ3v) is 8.13. The second-order valence-corrected chi connectivity index (χ2v) is 11.2. The highest BCUT2D eigenvalue weighted by Gasteiger charge is 2.38. The lowest BCUT2D eigenvalue weighted by Gasteiger charge is -2.36. The summed E-state index contributed by atoms with van der Waals surface area (Å²) in [6, 6.07) is 9.18. The first-order valence-electron chi connectivity index (χ1n) is 14.1. The first-order valence-corrected chi connectivity index (χ1v) is 14.1. The molecule has 1 N–H and O–H groups in total. The maximum absolute atomic E-state index is 13.3. The van der Waals surface area contributed by atoms with Gasteiger partial charge in [0.25, 0.3) is 5.69 Å². The lowest BCUT2D eigenvalue weighted by atomic mass is 9.92. The summed E-state index contributed by atoms with van der Waals surface area (Å²) >= 11 is 0. The van der Waals surface area contributed by atoms with Crippen molar-refractivity contribution >= 4 is 17.3 Å². The van der Waals surface area contributed by atoms with E-state index in [4.69, 9.17) is 9.47 Å². The van der Waals surface area contributed by atoms with E-state index in [0.717, 1.165) is 43.9 Å². The van der Waals surface area contributed by atoms with E-state index in [1.807, 2.05) is 11.0 Å². The number of nitro groups is 1. The van der Waals surface area contributed by atoms with Crippen molar-refractivity contribution in [1.82, 2.24) is 9.80 Å². The Morgan fingerprint density at radius 1 is 1.10 bits per heavy atom. The molecule has 0 spiro atoms. The topological polar surface area (TPSA) is 97.2 Å². The minimum absolute atomic E-state index is 0.0143. The Labute approximate surface area is 236 Å². The SMILES string of the molecule is Cc1ccc2c(c1)CC(CN1CCN(C(=O)CO[C@H]3CC[C@H](Nc4ccc([N+](=O)[O-])c(C(F)(F)F)c4)CC3)CC1)O2. The molecule has 5 rings (SSSR count). The number of nitrogens with one attached hydrogen (secondary N) is 1. The van der Waals surface area contributed by atoms with Gasteiger partial charge in [-0.3, -0.25) is 19.8 Å². The quantitative estimate of drug-likeness (QED) is 0.356. The normalized spacial score (nSPS) is 23.1. The number of halogens is 3. The number of hydrogen-bond acceptors (Lipinski definition) is 7. The molecule has 1 saturated carbocycles. The van der Waals surface area contributed by atoms with Crippen molar-refractivity contribution in [3.63, 3.8) is 0 Å². The van der Waals surface area contributed by atoms with E-state index >= 15 is 0 Å². The van der Waals surface area contributed by atoms with E-state index < -0.39 is 22.4 Å². The van der Waals surface area contributed by atoms with Crippen molar-refractivity contribution in [1.29, 1.82) is 0 Å². The van der Waals surface area contributed by atoms with Gasteiger partial charge in [0.1, 0.15) is 24.0 Å². The number of piperazine rings is 1. The molecule has 2 heterocycles. The summed E-state index contributed by atoms with van der Waals surface area (Å²) in [5.74, 6) is 0.939. The zero-order valence-corrected chi connectivity index (χ0v) is 23.0.